The fourth-order valence-electron chi connectivity index (χ4n) is 0.533. The van der Waals surface area contributed by atoms with Crippen molar-refractivity contribution in [3.05, 3.63) is 0 Å². The predicted octanol–water partition coefficient (Wildman–Crippen LogP) is 0.184. The smallest absolute Gasteiger partial charge is 0.306 e. The van der Waals surface area contributed by atoms with Crippen molar-refractivity contribution in [2.45, 2.75) is 26.2 Å². The number of hydrogen-bond donors (Lipinski definition) is 1. The molecule has 0 aromatic heterocycles. The third-order valence-electron chi connectivity index (χ3n) is 1.10. The van der Waals surface area contributed by atoms with Gasteiger partial charge in [-0.3, -0.25) is 9.35 Å². The Morgan fingerprint density at radius 2 is 2.00 bits per heavy atom. The van der Waals surface area contributed by atoms with Crippen LogP contribution in [0.5, 0.6) is 0 Å². The second-order valence-corrected chi connectivity index (χ2v) is 3.72. The van der Waals surface area contributed by atoms with E-state index in [9.17, 15) is 13.2 Å². The summed E-state index contributed by atoms with van der Waals surface area (Å²) in [6, 6.07) is 0. The topological polar surface area (TPSA) is 80.7 Å². The maximum Gasteiger partial charge on any atom is 0.306 e. The molecule has 0 atom stereocenters. The molecule has 7 heteroatoms. The first-order valence-electron chi connectivity index (χ1n) is 3.56. The minimum absolute atomic E-state index is 0. The molecule has 0 unspecified atom stereocenters. The number of unbranched alkanes of at least 4 members (excludes halogenated alkanes) is 1. The van der Waals surface area contributed by atoms with E-state index in [2.05, 4.69) is 4.74 Å². The number of esters is 1. The Bertz CT molecular complexity index is 235. The van der Waals surface area contributed by atoms with E-state index in [1.165, 1.54) is 0 Å². The zero-order chi connectivity index (χ0) is 9.61. The van der Waals surface area contributed by atoms with E-state index in [0.29, 0.717) is 6.42 Å². The molecule has 0 rings (SSSR count). The fourth-order valence-corrected chi connectivity index (χ4v) is 0.814. The van der Waals surface area contributed by atoms with E-state index in [-0.39, 0.29) is 25.3 Å². The van der Waals surface area contributed by atoms with Crippen LogP contribution in [0.1, 0.15) is 26.2 Å². The summed E-state index contributed by atoms with van der Waals surface area (Å²) in [4.78, 5) is 10.7. The normalized spacial score (nSPS) is 10.3. The number of hydrogen-bond acceptors (Lipinski definition) is 4. The quantitative estimate of drug-likeness (QED) is 0.391. The van der Waals surface area contributed by atoms with Crippen LogP contribution in [0.2, 0.25) is 0 Å². The van der Waals surface area contributed by atoms with Crippen LogP contribution in [0.15, 0.2) is 0 Å². The summed E-state index contributed by atoms with van der Waals surface area (Å²) in [7, 11) is -4.19. The average Bonchev–Trinajstić information content (AvgIpc) is 1.95. The van der Waals surface area contributed by atoms with Crippen LogP contribution in [0.25, 0.3) is 0 Å². The molecule has 1 N–H and O–H groups in total. The minimum atomic E-state index is -4.19. The molecule has 0 saturated heterocycles. The summed E-state index contributed by atoms with van der Waals surface area (Å²) in [6.07, 6.45) is 1.68. The standard InChI is InChI=1S/C6H12O5S.Li/c1-2-3-4-6(7)11-5-12(8,9)10;/h2-5H2,1H3,(H,8,9,10);. The fraction of sp³-hybridized carbons (Fsp3) is 0.833. The first-order valence-corrected chi connectivity index (χ1v) is 5.17. The molecule has 1 radical (unpaired) electrons. The van der Waals surface area contributed by atoms with Crippen LogP contribution in [0.4, 0.5) is 0 Å². The summed E-state index contributed by atoms with van der Waals surface area (Å²) in [6.45, 7) is 1.90. The Balaban J connectivity index is 0. The van der Waals surface area contributed by atoms with Crippen molar-refractivity contribution in [3.63, 3.8) is 0 Å². The van der Waals surface area contributed by atoms with Crippen LogP contribution in [0, 0.1) is 0 Å². The van der Waals surface area contributed by atoms with Gasteiger partial charge in [-0.25, -0.2) is 0 Å². The first kappa shape index (κ1) is 15.4. The largest absolute Gasteiger partial charge is 0.447 e. The summed E-state index contributed by atoms with van der Waals surface area (Å²) in [5.41, 5.74) is 0. The third kappa shape index (κ3) is 12.0. The van der Waals surface area contributed by atoms with Crippen molar-refractivity contribution in [3.8, 4) is 0 Å². The maximum absolute atomic E-state index is 10.7. The van der Waals surface area contributed by atoms with E-state index in [1.807, 2.05) is 6.92 Å². The van der Waals surface area contributed by atoms with Gasteiger partial charge in [0, 0.05) is 25.3 Å². The van der Waals surface area contributed by atoms with Gasteiger partial charge in [-0.05, 0) is 6.42 Å². The summed E-state index contributed by atoms with van der Waals surface area (Å²) in [5.74, 6) is -1.55. The van der Waals surface area contributed by atoms with Crippen molar-refractivity contribution in [2.75, 3.05) is 5.94 Å². The third-order valence-corrected chi connectivity index (χ3v) is 1.52. The van der Waals surface area contributed by atoms with E-state index < -0.39 is 22.0 Å². The molecule has 0 saturated carbocycles. The van der Waals surface area contributed by atoms with Crippen molar-refractivity contribution in [1.82, 2.24) is 0 Å². The molecule has 0 aliphatic carbocycles. The van der Waals surface area contributed by atoms with Gasteiger partial charge in [-0.15, -0.1) is 0 Å². The Labute approximate surface area is 89.8 Å². The average molecular weight is 203 g/mol. The van der Waals surface area contributed by atoms with Gasteiger partial charge in [-0.1, -0.05) is 13.3 Å². The SMILES string of the molecule is CCCCC(=O)OCS(=O)(=O)O.[Li]. The zero-order valence-electron chi connectivity index (χ0n) is 7.82. The second-order valence-electron chi connectivity index (χ2n) is 2.32. The molecular weight excluding hydrogens is 191 g/mol. The van der Waals surface area contributed by atoms with E-state index in [4.69, 9.17) is 4.55 Å². The molecule has 5 nitrogen and oxygen atoms in total. The van der Waals surface area contributed by atoms with E-state index in [1.54, 1.807) is 0 Å². The molecule has 0 heterocycles. The molecule has 0 aliphatic heterocycles. The molecule has 73 valence electrons. The van der Waals surface area contributed by atoms with Gasteiger partial charge in [0.2, 0.25) is 5.94 Å². The molecule has 0 aromatic rings. The predicted molar refractivity (Wildman–Crippen MR) is 47.8 cm³/mol. The summed E-state index contributed by atoms with van der Waals surface area (Å²) < 4.78 is 32.6. The summed E-state index contributed by atoms with van der Waals surface area (Å²) >= 11 is 0. The molecule has 0 spiro atoms. The van der Waals surface area contributed by atoms with Gasteiger partial charge < -0.3 is 4.74 Å². The monoisotopic (exact) mass is 203 g/mol. The van der Waals surface area contributed by atoms with Crippen LogP contribution >= 0.6 is 0 Å². The van der Waals surface area contributed by atoms with Crippen LogP contribution in [-0.4, -0.2) is 43.7 Å². The van der Waals surface area contributed by atoms with E-state index in [0.717, 1.165) is 6.42 Å². The minimum Gasteiger partial charge on any atom is -0.447 e. The van der Waals surface area contributed by atoms with Crippen molar-refractivity contribution in [2.24, 2.45) is 0 Å². The molecular formula is C6H12LiO5S. The van der Waals surface area contributed by atoms with Crippen molar-refractivity contribution >= 4 is 34.9 Å². The Kier molecular flexibility index (Phi) is 8.78. The van der Waals surface area contributed by atoms with Gasteiger partial charge in [0.05, 0.1) is 0 Å². The molecule has 0 fully saturated rings. The van der Waals surface area contributed by atoms with Gasteiger partial charge in [0.1, 0.15) is 0 Å². The Morgan fingerprint density at radius 3 is 2.38 bits per heavy atom. The molecule has 0 aliphatic rings. The van der Waals surface area contributed by atoms with Crippen LogP contribution in [0.3, 0.4) is 0 Å². The number of carbonyl (C=O) groups is 1. The number of carbonyl (C=O) groups excluding carboxylic acids is 1. The van der Waals surface area contributed by atoms with Gasteiger partial charge in [-0.2, -0.15) is 8.42 Å². The van der Waals surface area contributed by atoms with Crippen molar-refractivity contribution in [1.29, 1.82) is 0 Å². The zero-order valence-corrected chi connectivity index (χ0v) is 8.63. The van der Waals surface area contributed by atoms with Crippen molar-refractivity contribution < 1.29 is 22.5 Å². The van der Waals surface area contributed by atoms with Crippen LogP contribution < -0.4 is 0 Å². The van der Waals surface area contributed by atoms with E-state index >= 15 is 0 Å². The second kappa shape index (κ2) is 7.39. The first-order chi connectivity index (χ1) is 5.45. The molecule has 0 bridgehead atoms. The Hall–Kier alpha value is -0.0226. The van der Waals surface area contributed by atoms with Gasteiger partial charge >= 0.3 is 16.1 Å². The maximum atomic E-state index is 10.7. The molecule has 0 aromatic carbocycles. The number of ether oxygens (including phenoxy) is 1. The number of rotatable bonds is 5. The van der Waals surface area contributed by atoms with Crippen LogP contribution in [-0.2, 0) is 19.6 Å². The van der Waals surface area contributed by atoms with Gasteiger partial charge in [0.15, 0.2) is 0 Å². The molecule has 13 heavy (non-hydrogen) atoms. The Morgan fingerprint density at radius 1 is 1.46 bits per heavy atom. The molecule has 0 amide bonds. The van der Waals surface area contributed by atoms with Gasteiger partial charge in [0.25, 0.3) is 0 Å². The summed E-state index contributed by atoms with van der Waals surface area (Å²) in [5, 5.41) is 0.